The standard InChI is InChI=1S/C49H55ClN2O10/c1-3-23-60-49-45(52(48(55)57-24-20-50)30-32-14-18-43-44(25-32)59-31-58-43)29-41(51-56-2)39-27-35(12-6-8-21-53)38(13-7-9-22-54)46(47(39)49)40-28-37(17-19-42(40)62-49)61-36-16-15-33-10-4-5-11-34(33)26-36/h3-5,10-11,14-19,25-28,35,38,45-47,53-54H,1,6-9,12-13,20-24,29-31H2,2H3. The van der Waals surface area contributed by atoms with Gasteiger partial charge < -0.3 is 43.5 Å². The number of carbonyl (C=O) groups is 1. The average Bonchev–Trinajstić information content (AvgIpc) is 3.77. The molecule has 62 heavy (non-hydrogen) atoms. The van der Waals surface area contributed by atoms with Gasteiger partial charge in [0.25, 0.3) is 0 Å². The number of nitrogens with zero attached hydrogens (tertiary/aromatic N) is 2. The van der Waals surface area contributed by atoms with Crippen molar-refractivity contribution in [3.63, 3.8) is 0 Å². The van der Waals surface area contributed by atoms with Crippen LogP contribution in [0, 0.1) is 17.8 Å². The number of amides is 1. The number of carbonyl (C=O) groups excluding carboxylic acids is 1. The van der Waals surface area contributed by atoms with Gasteiger partial charge in [-0.1, -0.05) is 66.5 Å². The monoisotopic (exact) mass is 866 g/mol. The number of hydrogen-bond acceptors (Lipinski definition) is 11. The third kappa shape index (κ3) is 8.83. The van der Waals surface area contributed by atoms with Crippen LogP contribution in [0.5, 0.6) is 28.7 Å². The van der Waals surface area contributed by atoms with E-state index in [1.165, 1.54) is 7.11 Å². The summed E-state index contributed by atoms with van der Waals surface area (Å²) in [6.07, 6.45) is 8.16. The molecule has 1 fully saturated rings. The van der Waals surface area contributed by atoms with Crippen molar-refractivity contribution in [1.82, 2.24) is 4.90 Å². The molecular formula is C49H55ClN2O10. The number of hydrogen-bond donors (Lipinski definition) is 2. The molecule has 4 aliphatic rings. The maximum absolute atomic E-state index is 14.5. The van der Waals surface area contributed by atoms with Gasteiger partial charge in [-0.2, -0.15) is 0 Å². The molecule has 0 aromatic heterocycles. The van der Waals surface area contributed by atoms with Crippen LogP contribution < -0.4 is 18.9 Å². The maximum atomic E-state index is 14.5. The Morgan fingerprint density at radius 2 is 1.69 bits per heavy atom. The van der Waals surface area contributed by atoms with Crippen LogP contribution in [0.15, 0.2) is 108 Å². The van der Waals surface area contributed by atoms with Crippen molar-refractivity contribution in [2.45, 2.75) is 69.2 Å². The number of unbranched alkanes of at least 4 members (excludes halogenated alkanes) is 2. The van der Waals surface area contributed by atoms with Crippen molar-refractivity contribution in [3.8, 4) is 28.7 Å². The summed E-state index contributed by atoms with van der Waals surface area (Å²) >= 11 is 6.10. The predicted molar refractivity (Wildman–Crippen MR) is 236 cm³/mol. The van der Waals surface area contributed by atoms with Crippen LogP contribution >= 0.6 is 11.6 Å². The highest BCUT2D eigenvalue weighted by Gasteiger charge is 2.65. The minimum absolute atomic E-state index is 0.00634. The van der Waals surface area contributed by atoms with E-state index in [1.54, 1.807) is 11.0 Å². The summed E-state index contributed by atoms with van der Waals surface area (Å²) in [5, 5.41) is 26.7. The van der Waals surface area contributed by atoms with Crippen LogP contribution in [-0.4, -0.2) is 85.0 Å². The molecule has 1 saturated carbocycles. The molecule has 0 spiro atoms. The molecule has 13 heteroatoms. The molecule has 1 amide bonds. The Hall–Kier alpha value is -5.27. The van der Waals surface area contributed by atoms with Gasteiger partial charge in [-0.15, -0.1) is 18.2 Å². The third-order valence-corrected chi connectivity index (χ3v) is 12.7. The number of aliphatic hydroxyl groups is 2. The Kier molecular flexibility index (Phi) is 13.9. The summed E-state index contributed by atoms with van der Waals surface area (Å²) in [7, 11) is 1.53. The van der Waals surface area contributed by atoms with E-state index in [0.717, 1.165) is 53.2 Å². The molecule has 328 valence electrons. The number of oxime groups is 1. The van der Waals surface area contributed by atoms with Crippen molar-refractivity contribution in [2.24, 2.45) is 22.9 Å². The largest absolute Gasteiger partial charge is 0.459 e. The fraction of sp³-hybridized carbons (Fsp3) is 0.429. The molecule has 6 unspecified atom stereocenters. The Labute approximate surface area is 367 Å². The fourth-order valence-electron chi connectivity index (χ4n) is 9.94. The summed E-state index contributed by atoms with van der Waals surface area (Å²) in [5.41, 5.74) is 3.32. The van der Waals surface area contributed by atoms with E-state index in [4.69, 9.17) is 44.9 Å². The molecule has 0 radical (unpaired) electrons. The quantitative estimate of drug-likeness (QED) is 0.0406. The minimum atomic E-state index is -1.48. The average molecular weight is 867 g/mol. The molecule has 2 aliphatic carbocycles. The van der Waals surface area contributed by atoms with Gasteiger partial charge in [-0.25, -0.2) is 4.79 Å². The van der Waals surface area contributed by atoms with E-state index in [0.29, 0.717) is 47.3 Å². The highest BCUT2D eigenvalue weighted by molar-refractivity contribution is 6.18. The van der Waals surface area contributed by atoms with Crippen molar-refractivity contribution >= 4 is 34.2 Å². The van der Waals surface area contributed by atoms with Gasteiger partial charge in [0.05, 0.1) is 24.1 Å². The molecule has 4 aromatic rings. The van der Waals surface area contributed by atoms with E-state index in [1.807, 2.05) is 54.6 Å². The molecule has 2 aliphatic heterocycles. The zero-order valence-electron chi connectivity index (χ0n) is 35.1. The van der Waals surface area contributed by atoms with Gasteiger partial charge in [-0.05, 0) is 102 Å². The Balaban J connectivity index is 1.31. The normalized spacial score (nSPS) is 23.8. The fourth-order valence-corrected chi connectivity index (χ4v) is 10.0. The predicted octanol–water partition coefficient (Wildman–Crippen LogP) is 9.50. The molecule has 0 bridgehead atoms. The van der Waals surface area contributed by atoms with Crippen LogP contribution in [0.3, 0.4) is 0 Å². The van der Waals surface area contributed by atoms with Crippen molar-refractivity contribution in [3.05, 3.63) is 114 Å². The lowest BCUT2D eigenvalue weighted by Crippen LogP contribution is -2.70. The van der Waals surface area contributed by atoms with Gasteiger partial charge in [-0.3, -0.25) is 4.90 Å². The van der Waals surface area contributed by atoms with Crippen LogP contribution in [0.2, 0.25) is 0 Å². The third-order valence-electron chi connectivity index (χ3n) is 12.5. The highest BCUT2D eigenvalue weighted by Crippen LogP contribution is 2.62. The molecular weight excluding hydrogens is 812 g/mol. The summed E-state index contributed by atoms with van der Waals surface area (Å²) in [4.78, 5) is 21.8. The zero-order chi connectivity index (χ0) is 43.1. The number of aliphatic hydroxyl groups excluding tert-OH is 2. The van der Waals surface area contributed by atoms with Gasteiger partial charge in [0, 0.05) is 37.7 Å². The first-order valence-electron chi connectivity index (χ1n) is 21.6. The van der Waals surface area contributed by atoms with Crippen molar-refractivity contribution < 1.29 is 48.3 Å². The molecule has 12 nitrogen and oxygen atoms in total. The lowest BCUT2D eigenvalue weighted by Gasteiger charge is -2.59. The number of alkyl halides is 1. The number of rotatable bonds is 19. The van der Waals surface area contributed by atoms with Gasteiger partial charge in [0.1, 0.15) is 37.0 Å². The topological polar surface area (TPSA) is 138 Å². The summed E-state index contributed by atoms with van der Waals surface area (Å²) < 4.78 is 38.2. The van der Waals surface area contributed by atoms with Gasteiger partial charge in [0.2, 0.25) is 12.6 Å². The molecule has 8 rings (SSSR count). The number of allylic oxidation sites excluding steroid dienone is 1. The second-order valence-electron chi connectivity index (χ2n) is 16.2. The number of fused-ring (bicyclic) bond motifs is 4. The maximum Gasteiger partial charge on any atom is 0.410 e. The summed E-state index contributed by atoms with van der Waals surface area (Å²) in [5.74, 6) is 1.16. The van der Waals surface area contributed by atoms with Crippen molar-refractivity contribution in [2.75, 3.05) is 46.2 Å². The van der Waals surface area contributed by atoms with E-state index in [2.05, 4.69) is 42.1 Å². The Morgan fingerprint density at radius 3 is 2.48 bits per heavy atom. The van der Waals surface area contributed by atoms with E-state index in [9.17, 15) is 15.0 Å². The first kappa shape index (κ1) is 43.4. The number of halogens is 1. The van der Waals surface area contributed by atoms with Crippen LogP contribution in [0.4, 0.5) is 4.79 Å². The lowest BCUT2D eigenvalue weighted by atomic mass is 9.55. The second-order valence-corrected chi connectivity index (χ2v) is 16.6. The number of benzene rings is 4. The van der Waals surface area contributed by atoms with Crippen molar-refractivity contribution in [1.29, 1.82) is 0 Å². The number of ether oxygens (including phenoxy) is 6. The summed E-state index contributed by atoms with van der Waals surface area (Å²) in [6, 6.07) is 24.9. The first-order valence-corrected chi connectivity index (χ1v) is 22.1. The Bertz CT molecular complexity index is 2280. The highest BCUT2D eigenvalue weighted by atomic mass is 35.5. The van der Waals surface area contributed by atoms with Gasteiger partial charge in [0.15, 0.2) is 11.5 Å². The zero-order valence-corrected chi connectivity index (χ0v) is 35.8. The molecule has 4 aromatic carbocycles. The minimum Gasteiger partial charge on any atom is -0.459 e. The Morgan fingerprint density at radius 1 is 0.935 bits per heavy atom. The lowest BCUT2D eigenvalue weighted by molar-refractivity contribution is -0.256. The molecule has 2 N–H and O–H groups in total. The van der Waals surface area contributed by atoms with E-state index < -0.39 is 23.8 Å². The molecule has 0 saturated heterocycles. The summed E-state index contributed by atoms with van der Waals surface area (Å²) in [6.45, 7) is 4.55. The molecule has 6 atom stereocenters. The smallest absolute Gasteiger partial charge is 0.410 e. The molecule has 2 heterocycles. The van der Waals surface area contributed by atoms with Crippen LogP contribution in [0.1, 0.15) is 62.0 Å². The first-order chi connectivity index (χ1) is 30.4. The van der Waals surface area contributed by atoms with Crippen LogP contribution in [0.25, 0.3) is 10.8 Å². The SMILES string of the molecule is C=CCOC12Oc3ccc(Oc4ccc5ccccc5c4)cc3C3C(CCCCO)C(CCCCO)C=C(C(=NOC)CC1N(Cc1ccc4c(c1)OCO4)C(=O)OCCCl)C32. The van der Waals surface area contributed by atoms with Crippen LogP contribution in [-0.2, 0) is 20.9 Å². The second kappa shape index (κ2) is 19.8. The van der Waals surface area contributed by atoms with Gasteiger partial charge >= 0.3 is 6.09 Å². The van der Waals surface area contributed by atoms with E-state index in [-0.39, 0.29) is 69.8 Å². The van der Waals surface area contributed by atoms with E-state index >= 15 is 0 Å².